The molecule has 0 aliphatic carbocycles. The fourth-order valence-electron chi connectivity index (χ4n) is 11.7. The molecule has 4 saturated heterocycles. The summed E-state index contributed by atoms with van der Waals surface area (Å²) in [5, 5.41) is 72.5. The maximum atomic E-state index is 13.7. The van der Waals surface area contributed by atoms with E-state index in [0.29, 0.717) is 63.3 Å². The second-order valence-electron chi connectivity index (χ2n) is 22.7. The molecule has 0 bridgehead atoms. The quantitative estimate of drug-likeness (QED) is 0.278. The zero-order valence-electron chi connectivity index (χ0n) is 37.7. The number of anilines is 3. The molecule has 16 heteroatoms. The Labute approximate surface area is 341 Å². The van der Waals surface area contributed by atoms with E-state index in [4.69, 9.17) is 15.0 Å². The molecule has 0 aromatic carbocycles. The SMILES string of the molecule is CC1(C)CC(N(c2nc(NCC(=O)O)nc(N(C3CC(C)(C)N([O])C(C)(C)C3)C3CC(C)(C)N([O])C(C)(C)C3)n2)C2CC(C)(C)N([O])C(C)(C)C2)CC(C)(C)N1[O]. The lowest BCUT2D eigenvalue weighted by Gasteiger charge is -2.57. The molecule has 0 saturated carbocycles. The van der Waals surface area contributed by atoms with E-state index in [1.54, 1.807) is 0 Å². The number of hydrogen-bond donors (Lipinski definition) is 2. The molecule has 322 valence electrons. The van der Waals surface area contributed by atoms with Gasteiger partial charge in [0.05, 0.1) is 0 Å². The van der Waals surface area contributed by atoms with Gasteiger partial charge in [0, 0.05) is 68.5 Å². The van der Waals surface area contributed by atoms with Crippen LogP contribution in [-0.4, -0.2) is 121 Å². The molecule has 16 nitrogen and oxygen atoms in total. The zero-order chi connectivity index (χ0) is 43.3. The summed E-state index contributed by atoms with van der Waals surface area (Å²) in [5.41, 5.74) is -5.94. The Morgan fingerprint density at radius 1 is 0.491 bits per heavy atom. The van der Waals surface area contributed by atoms with Gasteiger partial charge in [-0.15, -0.1) is 41.1 Å². The van der Waals surface area contributed by atoms with Crippen molar-refractivity contribution in [2.24, 2.45) is 0 Å². The van der Waals surface area contributed by atoms with Gasteiger partial charge < -0.3 is 20.2 Å². The fourth-order valence-corrected chi connectivity index (χ4v) is 11.7. The Balaban J connectivity index is 1.78. The van der Waals surface area contributed by atoms with E-state index in [1.807, 2.05) is 111 Å². The Morgan fingerprint density at radius 2 is 0.702 bits per heavy atom. The number of aromatic nitrogens is 3. The predicted octanol–water partition coefficient (Wildman–Crippen LogP) is 6.45. The number of carbonyl (C=O) groups is 1. The molecule has 4 fully saturated rings. The zero-order valence-corrected chi connectivity index (χ0v) is 37.7. The summed E-state index contributed by atoms with van der Waals surface area (Å²) in [7, 11) is 0. The van der Waals surface area contributed by atoms with Gasteiger partial charge in [0.2, 0.25) is 17.8 Å². The monoisotopic (exact) mass is 801 g/mol. The largest absolute Gasteiger partial charge is 0.480 e. The highest BCUT2D eigenvalue weighted by Crippen LogP contribution is 2.48. The molecule has 0 amide bonds. The first-order valence-corrected chi connectivity index (χ1v) is 20.8. The number of carboxylic acid groups (broad SMARTS) is 1. The van der Waals surface area contributed by atoms with Crippen LogP contribution in [0.15, 0.2) is 0 Å². The summed E-state index contributed by atoms with van der Waals surface area (Å²) in [4.78, 5) is 31.8. The second kappa shape index (κ2) is 14.6. The molecular weight excluding hydrogens is 729 g/mol. The summed E-state index contributed by atoms with van der Waals surface area (Å²) in [6.45, 7) is 30.9. The number of hydroxylamine groups is 8. The summed E-state index contributed by atoms with van der Waals surface area (Å²) in [6, 6.07) is -0.911. The van der Waals surface area contributed by atoms with Crippen molar-refractivity contribution in [2.75, 3.05) is 21.7 Å². The van der Waals surface area contributed by atoms with Crippen LogP contribution in [0.2, 0.25) is 0 Å². The van der Waals surface area contributed by atoms with Gasteiger partial charge in [-0.05, 0) is 162 Å². The van der Waals surface area contributed by atoms with Gasteiger partial charge in [-0.2, -0.15) is 15.0 Å². The molecule has 57 heavy (non-hydrogen) atoms. The van der Waals surface area contributed by atoms with Crippen molar-refractivity contribution in [1.82, 2.24) is 35.2 Å². The molecule has 0 atom stereocenters. The molecule has 4 aliphatic rings. The van der Waals surface area contributed by atoms with Gasteiger partial charge in [-0.1, -0.05) is 0 Å². The molecule has 2 N–H and O–H groups in total. The summed E-state index contributed by atoms with van der Waals surface area (Å²) in [6.07, 6.45) is 3.97. The average molecular weight is 801 g/mol. The molecule has 0 spiro atoms. The molecule has 1 aromatic heterocycles. The molecular formula is C41H72N10O6. The minimum absolute atomic E-state index is 0.0894. The highest BCUT2D eigenvalue weighted by Gasteiger charge is 2.56. The number of hydrogen-bond acceptors (Lipinski definition) is 11. The third kappa shape index (κ3) is 8.89. The van der Waals surface area contributed by atoms with E-state index < -0.39 is 56.8 Å². The Hall–Kier alpha value is -2.44. The van der Waals surface area contributed by atoms with Crippen LogP contribution in [0.5, 0.6) is 0 Å². The van der Waals surface area contributed by atoms with Crippen LogP contribution < -0.4 is 15.1 Å². The highest BCUT2D eigenvalue weighted by atomic mass is 16.5. The first-order valence-electron chi connectivity index (χ1n) is 20.8. The average Bonchev–Trinajstić information content (AvgIpc) is 3.02. The Kier molecular flexibility index (Phi) is 11.7. The van der Waals surface area contributed by atoms with E-state index >= 15 is 0 Å². The van der Waals surface area contributed by atoms with Crippen LogP contribution in [-0.2, 0) is 25.6 Å². The molecule has 5 rings (SSSR count). The van der Waals surface area contributed by atoms with Gasteiger partial charge in [0.25, 0.3) is 0 Å². The van der Waals surface area contributed by atoms with Gasteiger partial charge in [0.1, 0.15) is 6.54 Å². The minimum atomic E-state index is -1.08. The third-order valence-electron chi connectivity index (χ3n) is 13.3. The lowest BCUT2D eigenvalue weighted by Crippen LogP contribution is -2.68. The van der Waals surface area contributed by atoms with Gasteiger partial charge in [-0.3, -0.25) is 4.79 Å². The summed E-state index contributed by atoms with van der Waals surface area (Å²) < 4.78 is 0. The third-order valence-corrected chi connectivity index (χ3v) is 13.3. The number of rotatable bonds is 9. The van der Waals surface area contributed by atoms with E-state index in [9.17, 15) is 30.7 Å². The van der Waals surface area contributed by atoms with Crippen LogP contribution in [0, 0.1) is 0 Å². The first kappa shape index (κ1) is 45.6. The van der Waals surface area contributed by atoms with Crippen molar-refractivity contribution >= 4 is 23.8 Å². The molecule has 4 radical (unpaired) electrons. The molecule has 5 heterocycles. The smallest absolute Gasteiger partial charge is 0.322 e. The van der Waals surface area contributed by atoms with E-state index in [0.717, 1.165) is 0 Å². The van der Waals surface area contributed by atoms with Crippen molar-refractivity contribution in [2.45, 2.75) is 231 Å². The predicted molar refractivity (Wildman–Crippen MR) is 216 cm³/mol. The van der Waals surface area contributed by atoms with Crippen LogP contribution in [0.1, 0.15) is 162 Å². The number of nitrogens with zero attached hydrogens (tertiary/aromatic N) is 9. The maximum Gasteiger partial charge on any atom is 0.322 e. The van der Waals surface area contributed by atoms with Gasteiger partial charge >= 0.3 is 5.97 Å². The summed E-state index contributed by atoms with van der Waals surface area (Å²) in [5.74, 6) is -0.317. The second-order valence-corrected chi connectivity index (χ2v) is 22.7. The lowest BCUT2D eigenvalue weighted by molar-refractivity contribution is -0.294. The van der Waals surface area contributed by atoms with Crippen molar-refractivity contribution in [3.63, 3.8) is 0 Å². The maximum absolute atomic E-state index is 13.7. The van der Waals surface area contributed by atoms with Crippen LogP contribution in [0.4, 0.5) is 17.8 Å². The lowest BCUT2D eigenvalue weighted by atomic mass is 9.74. The van der Waals surface area contributed by atoms with E-state index in [1.165, 1.54) is 20.3 Å². The van der Waals surface area contributed by atoms with Gasteiger partial charge in [-0.25, -0.2) is 0 Å². The number of piperidine rings is 4. The van der Waals surface area contributed by atoms with Crippen LogP contribution in [0.3, 0.4) is 0 Å². The van der Waals surface area contributed by atoms with Crippen molar-refractivity contribution in [3.05, 3.63) is 0 Å². The highest BCUT2D eigenvalue weighted by molar-refractivity contribution is 5.72. The van der Waals surface area contributed by atoms with Crippen molar-refractivity contribution in [3.8, 4) is 0 Å². The van der Waals surface area contributed by atoms with Crippen LogP contribution in [0.25, 0.3) is 0 Å². The topological polar surface area (TPSA) is 187 Å². The Bertz CT molecular complexity index is 1380. The van der Waals surface area contributed by atoms with Crippen molar-refractivity contribution in [1.29, 1.82) is 0 Å². The number of nitrogens with one attached hydrogen (secondary N) is 1. The standard InChI is InChI=1S/C41H72N10O6/c1-34(2)17-26(18-35(3,4)48(34)54)46(27-19-36(5,6)49(55)37(7,8)20-27)32-43-31(42-25-30(52)53)44-33(45-32)47(28-21-38(9,10)50(56)39(11,12)22-28)29-23-40(13,14)51(57)41(15,16)24-29/h26-29H,17-25H2,1-16H3,(H,52,53)(H,42,43,44,45). The number of aliphatic carboxylic acids is 1. The molecule has 4 aliphatic heterocycles. The normalized spacial score (nSPS) is 28.2. The van der Waals surface area contributed by atoms with Gasteiger partial charge in [0.15, 0.2) is 0 Å². The molecule has 1 aromatic rings. The fraction of sp³-hybridized carbons (Fsp3) is 0.902. The Morgan fingerprint density at radius 3 is 0.895 bits per heavy atom. The summed E-state index contributed by atoms with van der Waals surface area (Å²) >= 11 is 0. The van der Waals surface area contributed by atoms with Crippen LogP contribution >= 0.6 is 0 Å². The number of carboxylic acids is 1. The van der Waals surface area contributed by atoms with E-state index in [2.05, 4.69) is 15.1 Å². The first-order chi connectivity index (χ1) is 25.6. The van der Waals surface area contributed by atoms with Crippen molar-refractivity contribution < 1.29 is 30.7 Å². The molecule has 0 unspecified atom stereocenters. The van der Waals surface area contributed by atoms with E-state index in [-0.39, 0.29) is 30.1 Å². The minimum Gasteiger partial charge on any atom is -0.480 e.